The number of anilines is 1. The van der Waals surface area contributed by atoms with E-state index in [0.717, 1.165) is 26.4 Å². The summed E-state index contributed by atoms with van der Waals surface area (Å²) in [4.78, 5) is 28.8. The van der Waals surface area contributed by atoms with Crippen molar-refractivity contribution in [2.24, 2.45) is 0 Å². The van der Waals surface area contributed by atoms with Gasteiger partial charge in [0.15, 0.2) is 0 Å². The third kappa shape index (κ3) is 4.72. The molecule has 0 fully saturated rings. The minimum atomic E-state index is -0.370. The van der Waals surface area contributed by atoms with Gasteiger partial charge in [0, 0.05) is 18.2 Å². The zero-order chi connectivity index (χ0) is 20.9. The average molecular weight is 416 g/mol. The molecule has 0 saturated carbocycles. The van der Waals surface area contributed by atoms with Gasteiger partial charge >= 0.3 is 0 Å². The number of benzene rings is 3. The second-order valence-corrected chi connectivity index (χ2v) is 8.01. The summed E-state index contributed by atoms with van der Waals surface area (Å²) in [6.07, 6.45) is 0.156. The summed E-state index contributed by atoms with van der Waals surface area (Å²) in [5.41, 5.74) is 3.60. The Bertz CT molecular complexity index is 1140. The molecule has 6 heteroatoms. The Balaban J connectivity index is 1.44. The smallest absolute Gasteiger partial charge is 0.226 e. The van der Waals surface area contributed by atoms with Crippen LogP contribution in [-0.4, -0.2) is 16.8 Å². The molecule has 1 aromatic heterocycles. The van der Waals surface area contributed by atoms with Crippen LogP contribution >= 0.6 is 11.3 Å². The SMILES string of the molecule is CC(=O)NC(CC(=O)Nc1ccc(-c2nc3ccccc3s2)cc1)c1ccccc1. The van der Waals surface area contributed by atoms with Crippen LogP contribution in [0.2, 0.25) is 0 Å². The molecule has 0 bridgehead atoms. The van der Waals surface area contributed by atoms with Crippen LogP contribution in [0.1, 0.15) is 24.9 Å². The van der Waals surface area contributed by atoms with Gasteiger partial charge in [-0.1, -0.05) is 42.5 Å². The molecule has 0 aliphatic rings. The van der Waals surface area contributed by atoms with Crippen LogP contribution in [0.25, 0.3) is 20.8 Å². The monoisotopic (exact) mass is 415 g/mol. The number of carbonyl (C=O) groups excluding carboxylic acids is 2. The van der Waals surface area contributed by atoms with Crippen molar-refractivity contribution in [1.82, 2.24) is 10.3 Å². The van der Waals surface area contributed by atoms with E-state index in [0.29, 0.717) is 5.69 Å². The second kappa shape index (κ2) is 8.88. The molecule has 0 aliphatic carbocycles. The maximum absolute atomic E-state index is 12.6. The van der Waals surface area contributed by atoms with Crippen molar-refractivity contribution < 1.29 is 9.59 Å². The van der Waals surface area contributed by atoms with Crippen molar-refractivity contribution in [2.45, 2.75) is 19.4 Å². The summed E-state index contributed by atoms with van der Waals surface area (Å²) in [5, 5.41) is 6.71. The Labute approximate surface area is 178 Å². The standard InChI is InChI=1S/C24H21N3O2S/c1-16(28)25-21(17-7-3-2-4-8-17)15-23(29)26-19-13-11-18(12-14-19)24-27-20-9-5-6-10-22(20)30-24/h2-14,21H,15H2,1H3,(H,25,28)(H,26,29). The van der Waals surface area contributed by atoms with Crippen LogP contribution in [0.15, 0.2) is 78.9 Å². The molecule has 30 heavy (non-hydrogen) atoms. The van der Waals surface area contributed by atoms with Gasteiger partial charge in [0.05, 0.1) is 22.7 Å². The molecule has 5 nitrogen and oxygen atoms in total. The van der Waals surface area contributed by atoms with Crippen LogP contribution in [-0.2, 0) is 9.59 Å². The van der Waals surface area contributed by atoms with E-state index < -0.39 is 0 Å². The summed E-state index contributed by atoms with van der Waals surface area (Å²) >= 11 is 1.64. The maximum atomic E-state index is 12.6. The maximum Gasteiger partial charge on any atom is 0.226 e. The van der Waals surface area contributed by atoms with Gasteiger partial charge in [-0.3, -0.25) is 9.59 Å². The van der Waals surface area contributed by atoms with E-state index >= 15 is 0 Å². The summed E-state index contributed by atoms with van der Waals surface area (Å²) < 4.78 is 1.15. The number of nitrogens with zero attached hydrogens (tertiary/aromatic N) is 1. The van der Waals surface area contributed by atoms with Gasteiger partial charge < -0.3 is 10.6 Å². The summed E-state index contributed by atoms with van der Waals surface area (Å²) in [5.74, 6) is -0.331. The first kappa shape index (κ1) is 19.8. The summed E-state index contributed by atoms with van der Waals surface area (Å²) in [6, 6.07) is 24.8. The van der Waals surface area contributed by atoms with E-state index in [-0.39, 0.29) is 24.3 Å². The number of hydrogen-bond donors (Lipinski definition) is 2. The van der Waals surface area contributed by atoms with E-state index in [4.69, 9.17) is 0 Å². The molecule has 150 valence electrons. The molecule has 1 atom stereocenters. The molecule has 1 heterocycles. The number of thiazole rings is 1. The lowest BCUT2D eigenvalue weighted by Gasteiger charge is -2.18. The Hall–Kier alpha value is -3.51. The molecule has 0 aliphatic heterocycles. The highest BCUT2D eigenvalue weighted by atomic mass is 32.1. The Kier molecular flexibility index (Phi) is 5.86. The van der Waals surface area contributed by atoms with Crippen molar-refractivity contribution >= 4 is 39.1 Å². The van der Waals surface area contributed by atoms with Gasteiger partial charge in [-0.15, -0.1) is 11.3 Å². The number of amides is 2. The summed E-state index contributed by atoms with van der Waals surface area (Å²) in [6.45, 7) is 1.45. The van der Waals surface area contributed by atoms with Gasteiger partial charge in [0.2, 0.25) is 11.8 Å². The molecule has 0 saturated heterocycles. The predicted octanol–water partition coefficient (Wildman–Crippen LogP) is 5.17. The second-order valence-electron chi connectivity index (χ2n) is 6.98. The van der Waals surface area contributed by atoms with Crippen molar-refractivity contribution in [1.29, 1.82) is 0 Å². The lowest BCUT2D eigenvalue weighted by molar-refractivity contribution is -0.120. The van der Waals surface area contributed by atoms with E-state index in [1.165, 1.54) is 6.92 Å². The van der Waals surface area contributed by atoms with Crippen LogP contribution in [0.4, 0.5) is 5.69 Å². The zero-order valence-electron chi connectivity index (χ0n) is 16.5. The van der Waals surface area contributed by atoms with Crippen molar-refractivity contribution in [3.8, 4) is 10.6 Å². The fourth-order valence-electron chi connectivity index (χ4n) is 3.27. The number of carbonyl (C=O) groups is 2. The number of hydrogen-bond acceptors (Lipinski definition) is 4. The number of para-hydroxylation sites is 1. The fraction of sp³-hybridized carbons (Fsp3) is 0.125. The zero-order valence-corrected chi connectivity index (χ0v) is 17.3. The average Bonchev–Trinajstić information content (AvgIpc) is 3.18. The molecule has 0 spiro atoms. The Morgan fingerprint density at radius 3 is 2.33 bits per heavy atom. The Morgan fingerprint density at radius 2 is 1.63 bits per heavy atom. The highest BCUT2D eigenvalue weighted by molar-refractivity contribution is 7.21. The number of aromatic nitrogens is 1. The minimum Gasteiger partial charge on any atom is -0.349 e. The fourth-order valence-corrected chi connectivity index (χ4v) is 4.24. The Morgan fingerprint density at radius 1 is 0.933 bits per heavy atom. The first-order valence-corrected chi connectivity index (χ1v) is 10.5. The third-order valence-corrected chi connectivity index (χ3v) is 5.76. The first-order chi connectivity index (χ1) is 14.6. The topological polar surface area (TPSA) is 71.1 Å². The molecule has 1 unspecified atom stereocenters. The van der Waals surface area contributed by atoms with Crippen molar-refractivity contribution in [3.63, 3.8) is 0 Å². The third-order valence-electron chi connectivity index (χ3n) is 4.68. The largest absolute Gasteiger partial charge is 0.349 e. The van der Waals surface area contributed by atoms with E-state index in [2.05, 4.69) is 21.7 Å². The minimum absolute atomic E-state index is 0.156. The van der Waals surface area contributed by atoms with Gasteiger partial charge in [-0.2, -0.15) is 0 Å². The molecule has 4 aromatic rings. The molecule has 3 aromatic carbocycles. The highest BCUT2D eigenvalue weighted by Gasteiger charge is 2.17. The van der Waals surface area contributed by atoms with E-state index in [9.17, 15) is 9.59 Å². The number of fused-ring (bicyclic) bond motifs is 1. The molecule has 2 N–H and O–H groups in total. The predicted molar refractivity (Wildman–Crippen MR) is 121 cm³/mol. The van der Waals surface area contributed by atoms with Gasteiger partial charge in [-0.25, -0.2) is 4.98 Å². The van der Waals surface area contributed by atoms with Crippen LogP contribution in [0.3, 0.4) is 0 Å². The van der Waals surface area contributed by atoms with E-state index in [1.54, 1.807) is 11.3 Å². The number of rotatable bonds is 6. The van der Waals surface area contributed by atoms with Gasteiger partial charge in [0.25, 0.3) is 0 Å². The highest BCUT2D eigenvalue weighted by Crippen LogP contribution is 2.30. The lowest BCUT2D eigenvalue weighted by Crippen LogP contribution is -2.29. The normalized spacial score (nSPS) is 11.8. The quantitative estimate of drug-likeness (QED) is 0.456. The molecular formula is C24H21N3O2S. The number of nitrogens with one attached hydrogen (secondary N) is 2. The molecule has 2 amide bonds. The van der Waals surface area contributed by atoms with Crippen LogP contribution in [0.5, 0.6) is 0 Å². The van der Waals surface area contributed by atoms with Gasteiger partial charge in [0.1, 0.15) is 5.01 Å². The van der Waals surface area contributed by atoms with Crippen molar-refractivity contribution in [3.05, 3.63) is 84.4 Å². The summed E-state index contributed by atoms with van der Waals surface area (Å²) in [7, 11) is 0. The van der Waals surface area contributed by atoms with Gasteiger partial charge in [-0.05, 0) is 42.0 Å². The van der Waals surface area contributed by atoms with Crippen molar-refractivity contribution in [2.75, 3.05) is 5.32 Å². The molecule has 0 radical (unpaired) electrons. The lowest BCUT2D eigenvalue weighted by atomic mass is 10.0. The first-order valence-electron chi connectivity index (χ1n) is 9.66. The molecular weight excluding hydrogens is 394 g/mol. The molecule has 4 rings (SSSR count). The van der Waals surface area contributed by atoms with Crippen LogP contribution < -0.4 is 10.6 Å². The van der Waals surface area contributed by atoms with Crippen LogP contribution in [0, 0.1) is 0 Å². The van der Waals surface area contributed by atoms with E-state index in [1.807, 2.05) is 72.8 Å².